The van der Waals surface area contributed by atoms with Crippen LogP contribution in [0.3, 0.4) is 0 Å². The smallest absolute Gasteiger partial charge is 0.264 e. The second-order valence-electron chi connectivity index (χ2n) is 6.41. The predicted octanol–water partition coefficient (Wildman–Crippen LogP) is 2.78. The zero-order valence-electron chi connectivity index (χ0n) is 15.5. The van der Waals surface area contributed by atoms with Crippen LogP contribution < -0.4 is 10.3 Å². The monoisotopic (exact) mass is 374 g/mol. The van der Waals surface area contributed by atoms with Gasteiger partial charge < -0.3 is 4.74 Å². The van der Waals surface area contributed by atoms with Crippen molar-refractivity contribution in [1.29, 1.82) is 0 Å². The van der Waals surface area contributed by atoms with Gasteiger partial charge in [-0.15, -0.1) is 0 Å². The van der Waals surface area contributed by atoms with Crippen molar-refractivity contribution in [3.8, 4) is 11.4 Å². The molecule has 0 aliphatic rings. The molecular formula is C21H18N4O3. The van der Waals surface area contributed by atoms with E-state index in [-0.39, 0.29) is 17.9 Å². The standard InChI is InChI=1S/C21H18N4O3/c1-14-5-3-4-6-18(14)25-20-17(11-23-25)21(27)24(13-22-20)12-19(26)15-7-9-16(28-2)10-8-15/h3-11,13H,12H2,1-2H3. The number of nitrogens with zero attached hydrogens (tertiary/aromatic N) is 4. The number of Topliss-reactive ketones (excluding diaryl/α,β-unsaturated/α-hetero) is 1. The summed E-state index contributed by atoms with van der Waals surface area (Å²) in [4.78, 5) is 29.7. The molecule has 4 rings (SSSR count). The molecule has 7 heteroatoms. The van der Waals surface area contributed by atoms with Crippen molar-refractivity contribution in [2.75, 3.05) is 7.11 Å². The molecule has 140 valence electrons. The van der Waals surface area contributed by atoms with Crippen LogP contribution in [0.1, 0.15) is 15.9 Å². The lowest BCUT2D eigenvalue weighted by Gasteiger charge is -2.08. The third-order valence-electron chi connectivity index (χ3n) is 4.62. The molecule has 0 unspecified atom stereocenters. The van der Waals surface area contributed by atoms with Gasteiger partial charge in [-0.2, -0.15) is 5.10 Å². The minimum atomic E-state index is -0.299. The number of ketones is 1. The fourth-order valence-corrected chi connectivity index (χ4v) is 3.06. The number of rotatable bonds is 5. The van der Waals surface area contributed by atoms with Crippen LogP contribution in [0.15, 0.2) is 65.8 Å². The number of benzene rings is 2. The molecule has 2 aromatic carbocycles. The molecule has 0 aliphatic heterocycles. The second-order valence-corrected chi connectivity index (χ2v) is 6.41. The minimum Gasteiger partial charge on any atom is -0.497 e. The first-order valence-electron chi connectivity index (χ1n) is 8.75. The summed E-state index contributed by atoms with van der Waals surface area (Å²) in [5.41, 5.74) is 2.55. The Bertz CT molecular complexity index is 1220. The van der Waals surface area contributed by atoms with Gasteiger partial charge >= 0.3 is 0 Å². The van der Waals surface area contributed by atoms with E-state index < -0.39 is 0 Å². The number of carbonyl (C=O) groups is 1. The highest BCUT2D eigenvalue weighted by Gasteiger charge is 2.15. The van der Waals surface area contributed by atoms with E-state index in [0.717, 1.165) is 11.3 Å². The molecule has 0 saturated carbocycles. The molecule has 0 atom stereocenters. The molecule has 0 N–H and O–H groups in total. The lowest BCUT2D eigenvalue weighted by molar-refractivity contribution is 0.0970. The molecule has 0 amide bonds. The summed E-state index contributed by atoms with van der Waals surface area (Å²) in [5.74, 6) is 0.484. The molecule has 0 spiro atoms. The summed E-state index contributed by atoms with van der Waals surface area (Å²) in [5, 5.41) is 4.70. The van der Waals surface area contributed by atoms with Gasteiger partial charge in [0.2, 0.25) is 0 Å². The zero-order valence-corrected chi connectivity index (χ0v) is 15.5. The summed E-state index contributed by atoms with van der Waals surface area (Å²) in [6.07, 6.45) is 2.88. The summed E-state index contributed by atoms with van der Waals surface area (Å²) in [6, 6.07) is 14.5. The van der Waals surface area contributed by atoms with Crippen LogP contribution in [-0.2, 0) is 6.54 Å². The lowest BCUT2D eigenvalue weighted by atomic mass is 10.1. The van der Waals surface area contributed by atoms with Gasteiger partial charge in [-0.3, -0.25) is 14.2 Å². The summed E-state index contributed by atoms with van der Waals surface area (Å²) < 4.78 is 8.04. The SMILES string of the molecule is COc1ccc(C(=O)Cn2cnc3c(cnn3-c3ccccc3C)c2=O)cc1. The molecule has 2 heterocycles. The van der Waals surface area contributed by atoms with Gasteiger partial charge in [0.15, 0.2) is 11.4 Å². The fraction of sp³-hybridized carbons (Fsp3) is 0.143. The van der Waals surface area contributed by atoms with Crippen LogP contribution in [0.4, 0.5) is 0 Å². The Morgan fingerprint density at radius 3 is 2.57 bits per heavy atom. The first-order chi connectivity index (χ1) is 13.6. The van der Waals surface area contributed by atoms with E-state index >= 15 is 0 Å². The quantitative estimate of drug-likeness (QED) is 0.502. The zero-order chi connectivity index (χ0) is 19.7. The number of aromatic nitrogens is 4. The Kier molecular flexibility index (Phi) is 4.49. The normalized spacial score (nSPS) is 10.9. The number of carbonyl (C=O) groups excluding carboxylic acids is 1. The van der Waals surface area contributed by atoms with Crippen LogP contribution >= 0.6 is 0 Å². The van der Waals surface area contributed by atoms with E-state index in [1.165, 1.54) is 17.1 Å². The Balaban J connectivity index is 1.68. The van der Waals surface area contributed by atoms with Gasteiger partial charge in [0.25, 0.3) is 5.56 Å². The van der Waals surface area contributed by atoms with Crippen molar-refractivity contribution < 1.29 is 9.53 Å². The number of hydrogen-bond acceptors (Lipinski definition) is 5. The summed E-state index contributed by atoms with van der Waals surface area (Å²) in [6.45, 7) is 1.88. The summed E-state index contributed by atoms with van der Waals surface area (Å²) in [7, 11) is 1.56. The van der Waals surface area contributed by atoms with Crippen LogP contribution in [0.25, 0.3) is 16.7 Å². The number of hydrogen-bond donors (Lipinski definition) is 0. The average molecular weight is 374 g/mol. The predicted molar refractivity (Wildman–Crippen MR) is 105 cm³/mol. The van der Waals surface area contributed by atoms with Crippen LogP contribution in [0, 0.1) is 6.92 Å². The molecule has 0 aliphatic carbocycles. The van der Waals surface area contributed by atoms with Gasteiger partial charge in [0.05, 0.1) is 25.5 Å². The van der Waals surface area contributed by atoms with Crippen LogP contribution in [0.2, 0.25) is 0 Å². The van der Waals surface area contributed by atoms with E-state index in [1.807, 2.05) is 31.2 Å². The van der Waals surface area contributed by atoms with E-state index in [1.54, 1.807) is 36.1 Å². The van der Waals surface area contributed by atoms with Crippen molar-refractivity contribution >= 4 is 16.8 Å². The van der Waals surface area contributed by atoms with E-state index in [4.69, 9.17) is 4.74 Å². The van der Waals surface area contributed by atoms with Crippen molar-refractivity contribution in [2.24, 2.45) is 0 Å². The third-order valence-corrected chi connectivity index (χ3v) is 4.62. The molecule has 0 bridgehead atoms. The molecule has 4 aromatic rings. The first-order valence-corrected chi connectivity index (χ1v) is 8.75. The highest BCUT2D eigenvalue weighted by atomic mass is 16.5. The van der Waals surface area contributed by atoms with Crippen LogP contribution in [0.5, 0.6) is 5.75 Å². The molecule has 0 radical (unpaired) electrons. The Hall–Kier alpha value is -3.74. The number of methoxy groups -OCH3 is 1. The highest BCUT2D eigenvalue weighted by Crippen LogP contribution is 2.17. The first kappa shape index (κ1) is 17.7. The van der Waals surface area contributed by atoms with E-state index in [9.17, 15) is 9.59 Å². The topological polar surface area (TPSA) is 79.0 Å². The second kappa shape index (κ2) is 7.11. The van der Waals surface area contributed by atoms with Crippen molar-refractivity contribution in [3.05, 3.63) is 82.5 Å². The van der Waals surface area contributed by atoms with Crippen LogP contribution in [-0.4, -0.2) is 32.2 Å². The Morgan fingerprint density at radius 1 is 1.11 bits per heavy atom. The molecule has 28 heavy (non-hydrogen) atoms. The number of fused-ring (bicyclic) bond motifs is 1. The number of ether oxygens (including phenoxy) is 1. The molecule has 2 aromatic heterocycles. The molecular weight excluding hydrogens is 356 g/mol. The molecule has 7 nitrogen and oxygen atoms in total. The minimum absolute atomic E-state index is 0.0936. The largest absolute Gasteiger partial charge is 0.497 e. The lowest BCUT2D eigenvalue weighted by Crippen LogP contribution is -2.24. The number of para-hydroxylation sites is 1. The van der Waals surface area contributed by atoms with Crippen molar-refractivity contribution in [3.63, 3.8) is 0 Å². The Labute approximate surface area is 160 Å². The van der Waals surface area contributed by atoms with Gasteiger partial charge in [-0.25, -0.2) is 9.67 Å². The van der Waals surface area contributed by atoms with E-state index in [2.05, 4.69) is 10.1 Å². The Morgan fingerprint density at radius 2 is 1.86 bits per heavy atom. The summed E-state index contributed by atoms with van der Waals surface area (Å²) >= 11 is 0. The third kappa shape index (κ3) is 3.07. The van der Waals surface area contributed by atoms with Crippen molar-refractivity contribution in [1.82, 2.24) is 19.3 Å². The van der Waals surface area contributed by atoms with Gasteiger partial charge in [0, 0.05) is 5.56 Å². The molecule has 0 fully saturated rings. The van der Waals surface area contributed by atoms with Gasteiger partial charge in [-0.1, -0.05) is 18.2 Å². The van der Waals surface area contributed by atoms with Gasteiger partial charge in [-0.05, 0) is 42.8 Å². The van der Waals surface area contributed by atoms with Crippen molar-refractivity contribution in [2.45, 2.75) is 13.5 Å². The average Bonchev–Trinajstić information content (AvgIpc) is 3.15. The van der Waals surface area contributed by atoms with Gasteiger partial charge in [0.1, 0.15) is 17.5 Å². The maximum Gasteiger partial charge on any atom is 0.264 e. The van der Waals surface area contributed by atoms with E-state index in [0.29, 0.717) is 22.3 Å². The highest BCUT2D eigenvalue weighted by molar-refractivity contribution is 5.96. The number of aryl methyl sites for hydroxylation is 1. The molecule has 0 saturated heterocycles. The maximum atomic E-state index is 12.8. The maximum absolute atomic E-state index is 12.8. The fourth-order valence-electron chi connectivity index (χ4n) is 3.06.